The van der Waals surface area contributed by atoms with Gasteiger partial charge < -0.3 is 9.80 Å². The lowest BCUT2D eigenvalue weighted by atomic mass is 10.0. The number of hydrogen-bond donors (Lipinski definition) is 0. The van der Waals surface area contributed by atoms with E-state index in [2.05, 4.69) is 0 Å². The third-order valence-electron chi connectivity index (χ3n) is 6.71. The minimum Gasteiger partial charge on any atom is -0.335 e. The molecule has 0 N–H and O–H groups in total. The lowest BCUT2D eigenvalue weighted by Crippen LogP contribution is -2.50. The Kier molecular flexibility index (Phi) is 7.22. The smallest absolute Gasteiger partial charge is 0.253 e. The van der Waals surface area contributed by atoms with Gasteiger partial charge in [-0.25, -0.2) is 0 Å². The van der Waals surface area contributed by atoms with E-state index in [4.69, 9.17) is 0 Å². The standard InChI is InChI=1S/C32H26N2O4/c35-29(23-7-3-1-4-8-23)25-11-15-27(16-12-25)31(37)33-19-21-34(22-20-33)32(38)28-17-13-26(14-18-28)30(36)24-9-5-2-6-10-24/h1-18H,19-22H2. The first-order valence-corrected chi connectivity index (χ1v) is 12.5. The number of benzene rings is 4. The summed E-state index contributed by atoms with van der Waals surface area (Å²) in [4.78, 5) is 54.7. The van der Waals surface area contributed by atoms with Crippen molar-refractivity contribution in [1.82, 2.24) is 9.80 Å². The molecule has 1 saturated heterocycles. The number of rotatable bonds is 6. The van der Waals surface area contributed by atoms with Crippen LogP contribution in [0.4, 0.5) is 0 Å². The van der Waals surface area contributed by atoms with Crippen molar-refractivity contribution in [1.29, 1.82) is 0 Å². The van der Waals surface area contributed by atoms with Gasteiger partial charge in [0.25, 0.3) is 11.8 Å². The van der Waals surface area contributed by atoms with Gasteiger partial charge in [0.05, 0.1) is 0 Å². The van der Waals surface area contributed by atoms with E-state index < -0.39 is 0 Å². The van der Waals surface area contributed by atoms with E-state index >= 15 is 0 Å². The average molecular weight is 503 g/mol. The van der Waals surface area contributed by atoms with Crippen LogP contribution in [-0.2, 0) is 0 Å². The van der Waals surface area contributed by atoms with Gasteiger partial charge in [-0.1, -0.05) is 84.9 Å². The van der Waals surface area contributed by atoms with Crippen LogP contribution >= 0.6 is 0 Å². The van der Waals surface area contributed by atoms with Crippen molar-refractivity contribution in [2.45, 2.75) is 0 Å². The van der Waals surface area contributed by atoms with E-state index in [1.165, 1.54) is 0 Å². The number of piperazine rings is 1. The lowest BCUT2D eigenvalue weighted by molar-refractivity contribution is 0.0535. The molecule has 0 unspecified atom stereocenters. The number of nitrogens with zero attached hydrogens (tertiary/aromatic N) is 2. The van der Waals surface area contributed by atoms with E-state index in [9.17, 15) is 19.2 Å². The van der Waals surface area contributed by atoms with Crippen molar-refractivity contribution in [3.8, 4) is 0 Å². The summed E-state index contributed by atoms with van der Waals surface area (Å²) in [7, 11) is 0. The molecule has 0 atom stereocenters. The topological polar surface area (TPSA) is 74.8 Å². The Hall–Kier alpha value is -4.84. The molecule has 2 amide bonds. The molecule has 38 heavy (non-hydrogen) atoms. The van der Waals surface area contributed by atoms with E-state index in [0.29, 0.717) is 59.6 Å². The second kappa shape index (κ2) is 11.0. The molecular weight excluding hydrogens is 476 g/mol. The maximum atomic E-state index is 13.0. The highest BCUT2D eigenvalue weighted by molar-refractivity contribution is 6.10. The van der Waals surface area contributed by atoms with Gasteiger partial charge in [0, 0.05) is 59.6 Å². The first kappa shape index (κ1) is 24.8. The summed E-state index contributed by atoms with van der Waals surface area (Å²) >= 11 is 0. The van der Waals surface area contributed by atoms with Crippen LogP contribution in [0.25, 0.3) is 0 Å². The largest absolute Gasteiger partial charge is 0.335 e. The van der Waals surface area contributed by atoms with E-state index in [0.717, 1.165) is 0 Å². The second-order valence-corrected chi connectivity index (χ2v) is 9.13. The Labute approximate surface area is 221 Å². The zero-order valence-electron chi connectivity index (χ0n) is 20.7. The number of amides is 2. The van der Waals surface area contributed by atoms with Crippen molar-refractivity contribution in [3.05, 3.63) is 143 Å². The van der Waals surface area contributed by atoms with E-state index in [-0.39, 0.29) is 23.4 Å². The Morgan fingerprint density at radius 1 is 0.368 bits per heavy atom. The fourth-order valence-electron chi connectivity index (χ4n) is 4.52. The second-order valence-electron chi connectivity index (χ2n) is 9.13. The molecule has 4 aromatic carbocycles. The highest BCUT2D eigenvalue weighted by Crippen LogP contribution is 2.16. The molecule has 1 fully saturated rings. The normalized spacial score (nSPS) is 13.2. The van der Waals surface area contributed by atoms with Gasteiger partial charge >= 0.3 is 0 Å². The predicted molar refractivity (Wildman–Crippen MR) is 144 cm³/mol. The number of hydrogen-bond acceptors (Lipinski definition) is 4. The van der Waals surface area contributed by atoms with Crippen LogP contribution in [0.5, 0.6) is 0 Å². The molecule has 188 valence electrons. The molecule has 1 heterocycles. The van der Waals surface area contributed by atoms with Crippen molar-refractivity contribution in [3.63, 3.8) is 0 Å². The highest BCUT2D eigenvalue weighted by Gasteiger charge is 2.26. The summed E-state index contributed by atoms with van der Waals surface area (Å²) in [5.41, 5.74) is 3.27. The quantitative estimate of drug-likeness (QED) is 0.357. The molecule has 0 aliphatic carbocycles. The number of ketones is 2. The van der Waals surface area contributed by atoms with Crippen molar-refractivity contribution >= 4 is 23.4 Å². The average Bonchev–Trinajstić information content (AvgIpc) is 3.00. The summed E-state index contributed by atoms with van der Waals surface area (Å²) in [6.07, 6.45) is 0. The molecular formula is C32H26N2O4. The van der Waals surface area contributed by atoms with Crippen LogP contribution in [0.15, 0.2) is 109 Å². The molecule has 1 aliphatic rings. The molecule has 1 aliphatic heterocycles. The van der Waals surface area contributed by atoms with Gasteiger partial charge in [-0.2, -0.15) is 0 Å². The molecule has 5 rings (SSSR count). The Morgan fingerprint density at radius 2 is 0.632 bits per heavy atom. The zero-order chi connectivity index (χ0) is 26.5. The third kappa shape index (κ3) is 5.30. The Morgan fingerprint density at radius 3 is 0.947 bits per heavy atom. The van der Waals surface area contributed by atoms with Gasteiger partial charge in [0.2, 0.25) is 0 Å². The predicted octanol–water partition coefficient (Wildman–Crippen LogP) is 4.75. The van der Waals surface area contributed by atoms with Gasteiger partial charge in [-0.05, 0) is 24.3 Å². The summed E-state index contributed by atoms with van der Waals surface area (Å²) in [6, 6.07) is 31.4. The molecule has 0 aromatic heterocycles. The lowest BCUT2D eigenvalue weighted by Gasteiger charge is -2.35. The van der Waals surface area contributed by atoms with Crippen LogP contribution in [-0.4, -0.2) is 59.4 Å². The molecule has 6 nitrogen and oxygen atoms in total. The van der Waals surface area contributed by atoms with Crippen LogP contribution < -0.4 is 0 Å². The maximum absolute atomic E-state index is 13.0. The van der Waals surface area contributed by atoms with Crippen molar-refractivity contribution in [2.24, 2.45) is 0 Å². The van der Waals surface area contributed by atoms with Gasteiger partial charge in [0.1, 0.15) is 0 Å². The maximum Gasteiger partial charge on any atom is 0.253 e. The zero-order valence-corrected chi connectivity index (χ0v) is 20.7. The summed E-state index contributed by atoms with van der Waals surface area (Å²) in [6.45, 7) is 1.67. The summed E-state index contributed by atoms with van der Waals surface area (Å²) < 4.78 is 0. The Balaban J connectivity index is 1.17. The molecule has 6 heteroatoms. The SMILES string of the molecule is O=C(c1ccccc1)c1ccc(C(=O)N2CCN(C(=O)c3ccc(C(=O)c4ccccc4)cc3)CC2)cc1. The first-order valence-electron chi connectivity index (χ1n) is 12.5. The number of carbonyl (C=O) groups excluding carboxylic acids is 4. The fourth-order valence-corrected chi connectivity index (χ4v) is 4.52. The highest BCUT2D eigenvalue weighted by atomic mass is 16.2. The molecule has 0 saturated carbocycles. The van der Waals surface area contributed by atoms with Crippen LogP contribution in [0.3, 0.4) is 0 Å². The molecule has 0 radical (unpaired) electrons. The van der Waals surface area contributed by atoms with Gasteiger partial charge in [-0.3, -0.25) is 19.2 Å². The summed E-state index contributed by atoms with van der Waals surface area (Å²) in [5, 5.41) is 0. The Bertz CT molecular complexity index is 1340. The van der Waals surface area contributed by atoms with Crippen LogP contribution in [0.2, 0.25) is 0 Å². The fraction of sp³-hybridized carbons (Fsp3) is 0.125. The number of carbonyl (C=O) groups is 4. The minimum absolute atomic E-state index is 0.0887. The van der Waals surface area contributed by atoms with E-state index in [1.807, 2.05) is 36.4 Å². The minimum atomic E-state index is -0.125. The summed E-state index contributed by atoms with van der Waals surface area (Å²) in [5.74, 6) is -0.428. The van der Waals surface area contributed by atoms with Crippen molar-refractivity contribution in [2.75, 3.05) is 26.2 Å². The molecule has 0 spiro atoms. The molecule has 4 aromatic rings. The third-order valence-corrected chi connectivity index (χ3v) is 6.71. The van der Waals surface area contributed by atoms with Crippen LogP contribution in [0, 0.1) is 0 Å². The molecule has 0 bridgehead atoms. The van der Waals surface area contributed by atoms with Gasteiger partial charge in [0.15, 0.2) is 11.6 Å². The van der Waals surface area contributed by atoms with Gasteiger partial charge in [-0.15, -0.1) is 0 Å². The first-order chi connectivity index (χ1) is 18.5. The van der Waals surface area contributed by atoms with Crippen LogP contribution in [0.1, 0.15) is 52.6 Å². The van der Waals surface area contributed by atoms with E-state index in [1.54, 1.807) is 82.6 Å². The van der Waals surface area contributed by atoms with Crippen molar-refractivity contribution < 1.29 is 19.2 Å². The monoisotopic (exact) mass is 502 g/mol.